The third-order valence-corrected chi connectivity index (χ3v) is 6.41. The van der Waals surface area contributed by atoms with E-state index >= 15 is 0 Å². The lowest BCUT2D eigenvalue weighted by Gasteiger charge is -2.35. The normalized spacial score (nSPS) is 19.8. The second kappa shape index (κ2) is 9.39. The van der Waals surface area contributed by atoms with Gasteiger partial charge in [0.25, 0.3) is 0 Å². The summed E-state index contributed by atoms with van der Waals surface area (Å²) in [5, 5.41) is 18.5. The van der Waals surface area contributed by atoms with Crippen molar-refractivity contribution in [1.29, 1.82) is 0 Å². The van der Waals surface area contributed by atoms with Gasteiger partial charge in [0.2, 0.25) is 10.0 Å². The molecular formula is C19H21FN2O7S. The quantitative estimate of drug-likeness (QED) is 0.463. The summed E-state index contributed by atoms with van der Waals surface area (Å²) in [7, 11) is -4.10. The maximum atomic E-state index is 13.0. The monoisotopic (exact) mass is 440 g/mol. The van der Waals surface area contributed by atoms with Crippen molar-refractivity contribution in [2.75, 3.05) is 6.54 Å². The number of nitrogens with zero attached hydrogens (tertiary/aromatic N) is 1. The Kier molecular flexibility index (Phi) is 6.87. The first-order chi connectivity index (χ1) is 14.3. The Labute approximate surface area is 172 Å². The van der Waals surface area contributed by atoms with E-state index in [4.69, 9.17) is 14.7 Å². The molecule has 0 aliphatic carbocycles. The molecule has 3 N–H and O–H groups in total. The molecule has 1 aliphatic heterocycles. The number of halogens is 1. The summed E-state index contributed by atoms with van der Waals surface area (Å²) in [5.74, 6) is 0.0549. The number of hydrogen-bond acceptors (Lipinski definition) is 7. The van der Waals surface area contributed by atoms with Crippen LogP contribution in [0.15, 0.2) is 53.4 Å². The number of sulfonamides is 1. The summed E-state index contributed by atoms with van der Waals surface area (Å²) in [6.07, 6.45) is -2.95. The van der Waals surface area contributed by atoms with Gasteiger partial charge in [-0.15, -0.1) is 0 Å². The van der Waals surface area contributed by atoms with Gasteiger partial charge < -0.3 is 14.6 Å². The average molecular weight is 440 g/mol. The fraction of sp³-hybridized carbons (Fsp3) is 0.316. The van der Waals surface area contributed by atoms with Crippen molar-refractivity contribution in [3.8, 4) is 5.75 Å². The van der Waals surface area contributed by atoms with Gasteiger partial charge in [-0.1, -0.05) is 12.1 Å². The molecule has 0 radical (unpaired) electrons. The van der Waals surface area contributed by atoms with Crippen LogP contribution >= 0.6 is 0 Å². The van der Waals surface area contributed by atoms with Crippen LogP contribution in [0.4, 0.5) is 9.18 Å². The number of hydroxylamine groups is 1. The molecule has 11 heteroatoms. The van der Waals surface area contributed by atoms with Crippen molar-refractivity contribution in [3.63, 3.8) is 0 Å². The maximum absolute atomic E-state index is 13.0. The van der Waals surface area contributed by atoms with Crippen LogP contribution in [0.1, 0.15) is 18.4 Å². The molecular weight excluding hydrogens is 419 g/mol. The fourth-order valence-corrected chi connectivity index (χ4v) is 4.58. The zero-order chi connectivity index (χ0) is 21.7. The summed E-state index contributed by atoms with van der Waals surface area (Å²) >= 11 is 0. The molecule has 162 valence electrons. The Balaban J connectivity index is 1.72. The molecule has 0 aromatic heterocycles. The number of ether oxygens (including phenoxy) is 2. The molecule has 0 spiro atoms. The molecule has 2 atom stereocenters. The summed E-state index contributed by atoms with van der Waals surface area (Å²) < 4.78 is 50.3. The van der Waals surface area contributed by atoms with Crippen LogP contribution in [0.25, 0.3) is 0 Å². The third-order valence-electron chi connectivity index (χ3n) is 4.54. The number of nitrogens with one attached hydrogen (secondary N) is 1. The van der Waals surface area contributed by atoms with Gasteiger partial charge in [0.1, 0.15) is 18.2 Å². The van der Waals surface area contributed by atoms with Crippen molar-refractivity contribution in [1.82, 2.24) is 9.79 Å². The van der Waals surface area contributed by atoms with Crippen LogP contribution in [0.5, 0.6) is 5.75 Å². The third kappa shape index (κ3) is 5.25. The van der Waals surface area contributed by atoms with E-state index in [1.54, 1.807) is 12.1 Å². The Morgan fingerprint density at radius 3 is 2.43 bits per heavy atom. The van der Waals surface area contributed by atoms with Crippen molar-refractivity contribution in [3.05, 3.63) is 59.9 Å². The topological polar surface area (TPSA) is 125 Å². The van der Waals surface area contributed by atoms with Crippen molar-refractivity contribution in [2.45, 2.75) is 36.7 Å². The number of carbonyl (C=O) groups excluding carboxylic acids is 1. The number of piperidine rings is 1. The molecule has 1 fully saturated rings. The summed E-state index contributed by atoms with van der Waals surface area (Å²) in [6.45, 7) is -0.0780. The molecule has 3 rings (SSSR count). The molecule has 0 bridgehead atoms. The predicted octanol–water partition coefficient (Wildman–Crippen LogP) is 1.99. The molecule has 2 aromatic rings. The molecule has 1 saturated heterocycles. The number of amides is 1. The number of hydrogen-bond donors (Lipinski definition) is 3. The van der Waals surface area contributed by atoms with Gasteiger partial charge in [0.15, 0.2) is 6.23 Å². The van der Waals surface area contributed by atoms with E-state index in [-0.39, 0.29) is 36.7 Å². The average Bonchev–Trinajstić information content (AvgIpc) is 2.74. The van der Waals surface area contributed by atoms with Crippen LogP contribution in [-0.4, -0.2) is 48.0 Å². The van der Waals surface area contributed by atoms with E-state index in [0.29, 0.717) is 5.75 Å². The maximum Gasteiger partial charge on any atom is 0.432 e. The fourth-order valence-electron chi connectivity index (χ4n) is 3.01. The second-order valence-electron chi connectivity index (χ2n) is 6.66. The number of aliphatic hydroxyl groups excluding tert-OH is 1. The summed E-state index contributed by atoms with van der Waals surface area (Å²) in [4.78, 5) is 11.2. The molecule has 1 amide bonds. The largest absolute Gasteiger partial charge is 0.489 e. The first kappa shape index (κ1) is 22.0. The number of rotatable bonds is 6. The lowest BCUT2D eigenvalue weighted by atomic mass is 10.1. The molecule has 0 saturated carbocycles. The van der Waals surface area contributed by atoms with Gasteiger partial charge >= 0.3 is 6.09 Å². The molecule has 30 heavy (non-hydrogen) atoms. The van der Waals surface area contributed by atoms with E-state index in [0.717, 1.165) is 9.87 Å². The molecule has 1 aliphatic rings. The standard InChI is InChI=1S/C19H21FN2O7S/c20-14-3-1-13(2-4-14)12-28-16-6-8-17(9-7-16)30(26,27)22-11-15(23)5-10-18(22)29-19(24)21-25/h1-4,6-9,15,18,23,25H,5,10-12H2,(H,21,24)/t15-,18-/m1/s1. The lowest BCUT2D eigenvalue weighted by Crippen LogP contribution is -2.51. The lowest BCUT2D eigenvalue weighted by molar-refractivity contribution is -0.0392. The Hall–Kier alpha value is -2.73. The van der Waals surface area contributed by atoms with E-state index in [9.17, 15) is 22.7 Å². The van der Waals surface area contributed by atoms with Crippen LogP contribution in [0.2, 0.25) is 0 Å². The van der Waals surface area contributed by atoms with E-state index in [1.165, 1.54) is 41.9 Å². The molecule has 2 aromatic carbocycles. The second-order valence-corrected chi connectivity index (χ2v) is 8.55. The minimum atomic E-state index is -4.10. The van der Waals surface area contributed by atoms with Gasteiger partial charge in [-0.3, -0.25) is 5.21 Å². The minimum Gasteiger partial charge on any atom is -0.489 e. The number of carbonyl (C=O) groups is 1. The Morgan fingerprint density at radius 2 is 1.80 bits per heavy atom. The summed E-state index contributed by atoms with van der Waals surface area (Å²) in [5.41, 5.74) is 2.04. The smallest absolute Gasteiger partial charge is 0.432 e. The molecule has 1 heterocycles. The predicted molar refractivity (Wildman–Crippen MR) is 101 cm³/mol. The van der Waals surface area contributed by atoms with Crippen molar-refractivity contribution >= 4 is 16.1 Å². The number of benzene rings is 2. The SMILES string of the molecule is O=C(NO)O[C@@H]1CC[C@@H](O)CN1S(=O)(=O)c1ccc(OCc2ccc(F)cc2)cc1. The first-order valence-electron chi connectivity index (χ1n) is 9.07. The highest BCUT2D eigenvalue weighted by atomic mass is 32.2. The van der Waals surface area contributed by atoms with Gasteiger partial charge in [-0.2, -0.15) is 4.31 Å². The van der Waals surface area contributed by atoms with E-state index in [1.807, 2.05) is 0 Å². The van der Waals surface area contributed by atoms with Crippen LogP contribution in [0, 0.1) is 5.82 Å². The highest BCUT2D eigenvalue weighted by molar-refractivity contribution is 7.89. The van der Waals surface area contributed by atoms with Crippen molar-refractivity contribution in [2.24, 2.45) is 0 Å². The summed E-state index contributed by atoms with van der Waals surface area (Å²) in [6, 6.07) is 11.4. The van der Waals surface area contributed by atoms with Gasteiger partial charge in [-0.25, -0.2) is 23.1 Å². The Bertz CT molecular complexity index is 967. The van der Waals surface area contributed by atoms with Gasteiger partial charge in [-0.05, 0) is 48.4 Å². The number of aliphatic hydroxyl groups is 1. The number of β-amino-alcohol motifs (C(OH)–C–C–N with tert-alkyl or cyclic N) is 1. The highest BCUT2D eigenvalue weighted by Crippen LogP contribution is 2.27. The Morgan fingerprint density at radius 1 is 1.13 bits per heavy atom. The highest BCUT2D eigenvalue weighted by Gasteiger charge is 2.39. The van der Waals surface area contributed by atoms with Gasteiger partial charge in [0, 0.05) is 13.0 Å². The van der Waals surface area contributed by atoms with Crippen molar-refractivity contribution < 1.29 is 37.4 Å². The first-order valence-corrected chi connectivity index (χ1v) is 10.5. The zero-order valence-electron chi connectivity index (χ0n) is 15.8. The van der Waals surface area contributed by atoms with Crippen LogP contribution in [0.3, 0.4) is 0 Å². The van der Waals surface area contributed by atoms with Crippen LogP contribution < -0.4 is 10.2 Å². The van der Waals surface area contributed by atoms with Crippen LogP contribution in [-0.2, 0) is 21.4 Å². The minimum absolute atomic E-state index is 0.0761. The zero-order valence-corrected chi connectivity index (χ0v) is 16.6. The van der Waals surface area contributed by atoms with E-state index < -0.39 is 28.4 Å². The molecule has 9 nitrogen and oxygen atoms in total. The van der Waals surface area contributed by atoms with Gasteiger partial charge in [0.05, 0.1) is 11.0 Å². The molecule has 0 unspecified atom stereocenters. The van der Waals surface area contributed by atoms with E-state index in [2.05, 4.69) is 0 Å².